The first-order chi connectivity index (χ1) is 9.04. The van der Waals surface area contributed by atoms with Gasteiger partial charge < -0.3 is 9.32 Å². The van der Waals surface area contributed by atoms with Gasteiger partial charge >= 0.3 is 0 Å². The van der Waals surface area contributed by atoms with Crippen molar-refractivity contribution in [2.24, 2.45) is 0 Å². The molecule has 0 saturated carbocycles. The van der Waals surface area contributed by atoms with E-state index in [1.54, 1.807) is 30.3 Å². The Morgan fingerprint density at radius 3 is 2.74 bits per heavy atom. The molecule has 0 aliphatic heterocycles. The lowest BCUT2D eigenvalue weighted by Gasteiger charge is -2.20. The molecule has 0 aliphatic rings. The van der Waals surface area contributed by atoms with Crippen molar-refractivity contribution in [2.75, 3.05) is 11.9 Å². The summed E-state index contributed by atoms with van der Waals surface area (Å²) >= 11 is 3.11. The Morgan fingerprint density at radius 1 is 1.42 bits per heavy atom. The van der Waals surface area contributed by atoms with Gasteiger partial charge in [0.05, 0.1) is 22.0 Å². The van der Waals surface area contributed by atoms with Crippen molar-refractivity contribution >= 4 is 21.6 Å². The number of furan rings is 1. The highest BCUT2D eigenvalue weighted by molar-refractivity contribution is 9.10. The maximum absolute atomic E-state index is 14.2. The first-order valence-electron chi connectivity index (χ1n) is 5.66. The summed E-state index contributed by atoms with van der Waals surface area (Å²) in [4.78, 5) is 1.78. The fraction of sp³-hybridized carbons (Fsp3) is 0.214. The molecule has 3 nitrogen and oxygen atoms in total. The molecule has 0 spiro atoms. The van der Waals surface area contributed by atoms with E-state index in [2.05, 4.69) is 15.9 Å². The number of hydrogen-bond acceptors (Lipinski definition) is 3. The topological polar surface area (TPSA) is 40.2 Å². The molecule has 0 bridgehead atoms. The highest BCUT2D eigenvalue weighted by Crippen LogP contribution is 2.29. The van der Waals surface area contributed by atoms with E-state index >= 15 is 0 Å². The molecule has 0 radical (unpaired) electrons. The fourth-order valence-corrected chi connectivity index (χ4v) is 2.26. The van der Waals surface area contributed by atoms with Gasteiger partial charge in [0.2, 0.25) is 0 Å². The minimum Gasteiger partial charge on any atom is -0.469 e. The number of nitriles is 1. The Kier molecular flexibility index (Phi) is 3.91. The predicted octanol–water partition coefficient (Wildman–Crippen LogP) is 4.00. The van der Waals surface area contributed by atoms with Crippen molar-refractivity contribution in [1.29, 1.82) is 5.26 Å². The molecule has 2 rings (SSSR count). The molecule has 19 heavy (non-hydrogen) atoms. The number of hydrogen-bond donors (Lipinski definition) is 0. The molecular weight excluding hydrogens is 311 g/mol. The molecule has 0 amide bonds. The number of rotatable bonds is 3. The summed E-state index contributed by atoms with van der Waals surface area (Å²) in [5.74, 6) is 0.391. The molecule has 1 aromatic heterocycles. The van der Waals surface area contributed by atoms with Gasteiger partial charge in [0, 0.05) is 19.2 Å². The van der Waals surface area contributed by atoms with Crippen LogP contribution in [0.25, 0.3) is 0 Å². The van der Waals surface area contributed by atoms with E-state index in [9.17, 15) is 4.39 Å². The molecule has 0 unspecified atom stereocenters. The van der Waals surface area contributed by atoms with Crippen LogP contribution in [0.5, 0.6) is 0 Å². The van der Waals surface area contributed by atoms with Crippen LogP contribution in [0.2, 0.25) is 0 Å². The van der Waals surface area contributed by atoms with Crippen LogP contribution < -0.4 is 4.90 Å². The summed E-state index contributed by atoms with van der Waals surface area (Å²) in [5, 5.41) is 8.84. The van der Waals surface area contributed by atoms with Crippen molar-refractivity contribution in [3.05, 3.63) is 51.6 Å². The molecule has 0 atom stereocenters. The summed E-state index contributed by atoms with van der Waals surface area (Å²) in [6.07, 6.45) is 1.61. The molecule has 0 N–H and O–H groups in total. The standard InChI is InChI=1S/C14H12BrFN2O/c1-9-11(5-6-19-9)8-18(2)12-4-3-10(7-17)13(15)14(12)16/h3-6H,8H2,1-2H3. The fourth-order valence-electron chi connectivity index (χ4n) is 1.84. The van der Waals surface area contributed by atoms with Crippen LogP contribution in [0, 0.1) is 24.1 Å². The van der Waals surface area contributed by atoms with Crippen LogP contribution in [-0.2, 0) is 6.54 Å². The molecule has 0 saturated heterocycles. The summed E-state index contributed by atoms with van der Waals surface area (Å²) in [6, 6.07) is 7.00. The van der Waals surface area contributed by atoms with Crippen LogP contribution >= 0.6 is 15.9 Å². The quantitative estimate of drug-likeness (QED) is 0.857. The molecule has 2 aromatic rings. The number of nitrogens with zero attached hydrogens (tertiary/aromatic N) is 2. The van der Waals surface area contributed by atoms with Crippen molar-refractivity contribution in [3.63, 3.8) is 0 Å². The molecule has 5 heteroatoms. The number of aryl methyl sites for hydroxylation is 1. The summed E-state index contributed by atoms with van der Waals surface area (Å²) in [7, 11) is 1.79. The Labute approximate surface area is 119 Å². The van der Waals surface area contributed by atoms with Crippen LogP contribution in [0.4, 0.5) is 10.1 Å². The van der Waals surface area contributed by atoms with Gasteiger partial charge in [-0.3, -0.25) is 0 Å². The number of halogens is 2. The van der Waals surface area contributed by atoms with Crippen LogP contribution in [0.15, 0.2) is 33.4 Å². The molecule has 0 fully saturated rings. The van der Waals surface area contributed by atoms with Crippen LogP contribution in [0.1, 0.15) is 16.9 Å². The first-order valence-corrected chi connectivity index (χ1v) is 6.46. The third-order valence-corrected chi connectivity index (χ3v) is 3.74. The average molecular weight is 323 g/mol. The summed E-state index contributed by atoms with van der Waals surface area (Å²) in [5.41, 5.74) is 1.72. The Hall–Kier alpha value is -1.80. The van der Waals surface area contributed by atoms with Gasteiger partial charge in [-0.25, -0.2) is 4.39 Å². The van der Waals surface area contributed by atoms with Crippen molar-refractivity contribution in [1.82, 2.24) is 0 Å². The van der Waals surface area contributed by atoms with Gasteiger partial charge in [0.1, 0.15) is 11.8 Å². The van der Waals surface area contributed by atoms with Gasteiger partial charge in [-0.1, -0.05) is 0 Å². The van der Waals surface area contributed by atoms with Gasteiger partial charge in [-0.05, 0) is 41.1 Å². The molecule has 98 valence electrons. The van der Waals surface area contributed by atoms with Gasteiger partial charge in [-0.2, -0.15) is 5.26 Å². The Morgan fingerprint density at radius 2 is 2.16 bits per heavy atom. The summed E-state index contributed by atoms with van der Waals surface area (Å²) < 4.78 is 19.6. The first kappa shape index (κ1) is 13.6. The third kappa shape index (κ3) is 2.64. The second kappa shape index (κ2) is 5.45. The second-order valence-electron chi connectivity index (χ2n) is 4.23. The zero-order valence-electron chi connectivity index (χ0n) is 10.6. The maximum Gasteiger partial charge on any atom is 0.161 e. The van der Waals surface area contributed by atoms with Crippen molar-refractivity contribution in [2.45, 2.75) is 13.5 Å². The normalized spacial score (nSPS) is 10.3. The Bertz CT molecular complexity index is 645. The minimum atomic E-state index is -0.428. The zero-order chi connectivity index (χ0) is 14.0. The minimum absolute atomic E-state index is 0.197. The highest BCUT2D eigenvalue weighted by atomic mass is 79.9. The average Bonchev–Trinajstić information content (AvgIpc) is 2.78. The van der Waals surface area contributed by atoms with Gasteiger partial charge in [0.25, 0.3) is 0 Å². The number of benzene rings is 1. The zero-order valence-corrected chi connectivity index (χ0v) is 12.2. The van der Waals surface area contributed by atoms with Crippen molar-refractivity contribution < 1.29 is 8.81 Å². The monoisotopic (exact) mass is 322 g/mol. The van der Waals surface area contributed by atoms with Crippen LogP contribution in [-0.4, -0.2) is 7.05 Å². The third-order valence-electron chi connectivity index (χ3n) is 2.97. The van der Waals surface area contributed by atoms with E-state index in [1.165, 1.54) is 0 Å². The summed E-state index contributed by atoms with van der Waals surface area (Å²) in [6.45, 7) is 2.41. The molecular formula is C14H12BrFN2O. The molecule has 1 heterocycles. The van der Waals surface area contributed by atoms with E-state index in [1.807, 2.05) is 19.1 Å². The van der Waals surface area contributed by atoms with Gasteiger partial charge in [0.15, 0.2) is 5.82 Å². The van der Waals surface area contributed by atoms with E-state index in [-0.39, 0.29) is 10.0 Å². The van der Waals surface area contributed by atoms with Crippen LogP contribution in [0.3, 0.4) is 0 Å². The predicted molar refractivity (Wildman–Crippen MR) is 74.4 cm³/mol. The van der Waals surface area contributed by atoms with E-state index in [0.717, 1.165) is 11.3 Å². The smallest absolute Gasteiger partial charge is 0.161 e. The maximum atomic E-state index is 14.2. The van der Waals surface area contributed by atoms with Gasteiger partial charge in [-0.15, -0.1) is 0 Å². The Balaban J connectivity index is 2.30. The lowest BCUT2D eigenvalue weighted by atomic mass is 10.2. The SMILES string of the molecule is Cc1occc1CN(C)c1ccc(C#N)c(Br)c1F. The van der Waals surface area contributed by atoms with E-state index < -0.39 is 5.82 Å². The second-order valence-corrected chi connectivity index (χ2v) is 5.02. The van der Waals surface area contributed by atoms with Crippen molar-refractivity contribution in [3.8, 4) is 6.07 Å². The largest absolute Gasteiger partial charge is 0.469 e. The molecule has 0 aliphatic carbocycles. The number of anilines is 1. The lowest BCUT2D eigenvalue weighted by Crippen LogP contribution is -2.18. The lowest BCUT2D eigenvalue weighted by molar-refractivity contribution is 0.529. The van der Waals surface area contributed by atoms with E-state index in [0.29, 0.717) is 12.2 Å². The van der Waals surface area contributed by atoms with E-state index in [4.69, 9.17) is 9.68 Å². The highest BCUT2D eigenvalue weighted by Gasteiger charge is 2.15. The molecule has 1 aromatic carbocycles.